The maximum atomic E-state index is 13.3. The lowest BCUT2D eigenvalue weighted by molar-refractivity contribution is -0.384. The number of nitro benzene ring substituents is 1. The molecule has 1 heterocycles. The van der Waals surface area contributed by atoms with E-state index in [1.165, 1.54) is 34.9 Å². The molecular formula is C20H18F3N5O4S. The topological polar surface area (TPSA) is 133 Å². The van der Waals surface area contributed by atoms with E-state index in [0.717, 1.165) is 23.9 Å². The van der Waals surface area contributed by atoms with Crippen molar-refractivity contribution in [2.75, 3.05) is 0 Å². The number of non-ortho nitro benzene ring substituents is 1. The highest BCUT2D eigenvalue weighted by atomic mass is 32.2. The van der Waals surface area contributed by atoms with E-state index in [2.05, 4.69) is 4.98 Å². The van der Waals surface area contributed by atoms with Gasteiger partial charge in [-0.1, -0.05) is 31.7 Å². The van der Waals surface area contributed by atoms with E-state index in [4.69, 9.17) is 5.73 Å². The highest BCUT2D eigenvalue weighted by Gasteiger charge is 2.32. The average Bonchev–Trinajstić information content (AvgIpc) is 3.07. The molecule has 1 unspecified atom stereocenters. The fraction of sp³-hybridized carbons (Fsp3) is 0.250. The average molecular weight is 481 g/mol. The van der Waals surface area contributed by atoms with Crippen molar-refractivity contribution >= 4 is 40.4 Å². The van der Waals surface area contributed by atoms with Crippen LogP contribution in [0.2, 0.25) is 0 Å². The van der Waals surface area contributed by atoms with Gasteiger partial charge in [0.25, 0.3) is 5.69 Å². The van der Waals surface area contributed by atoms with Crippen LogP contribution >= 0.6 is 11.8 Å². The number of nitrogens with zero attached hydrogens (tertiary/aromatic N) is 3. The molecule has 1 atom stereocenters. The number of nitrogens with one attached hydrogen (secondary N) is 1. The number of nitrogens with two attached hydrogens (primary N) is 1. The lowest BCUT2D eigenvalue weighted by Gasteiger charge is -2.19. The number of hydrogen-bond acceptors (Lipinski definition) is 6. The summed E-state index contributed by atoms with van der Waals surface area (Å²) in [5.74, 6) is -1.02. The molecule has 33 heavy (non-hydrogen) atoms. The zero-order chi connectivity index (χ0) is 24.5. The predicted molar refractivity (Wildman–Crippen MR) is 115 cm³/mol. The Balaban J connectivity index is 2.20. The normalized spacial score (nSPS) is 12.7. The molecule has 0 aliphatic carbocycles. The molecule has 3 aromatic rings. The maximum absolute atomic E-state index is 13.3. The Morgan fingerprint density at radius 2 is 1.91 bits per heavy atom. The third-order valence-corrected chi connectivity index (χ3v) is 6.09. The van der Waals surface area contributed by atoms with Crippen molar-refractivity contribution in [2.24, 2.45) is 11.7 Å². The number of imide groups is 1. The summed E-state index contributed by atoms with van der Waals surface area (Å²) in [4.78, 5) is 38.5. The van der Waals surface area contributed by atoms with Crippen molar-refractivity contribution in [1.82, 2.24) is 14.9 Å². The molecule has 0 aliphatic rings. The molecule has 3 rings (SSSR count). The van der Waals surface area contributed by atoms with E-state index in [9.17, 15) is 32.9 Å². The van der Waals surface area contributed by atoms with Crippen LogP contribution in [0.15, 0.2) is 47.6 Å². The van der Waals surface area contributed by atoms with Crippen LogP contribution in [0.25, 0.3) is 16.7 Å². The molecule has 0 spiro atoms. The second-order valence-corrected chi connectivity index (χ2v) is 8.45. The molecule has 0 radical (unpaired) electrons. The lowest BCUT2D eigenvalue weighted by Crippen LogP contribution is -2.42. The number of thioether (sulfide) groups is 1. The second kappa shape index (κ2) is 9.10. The van der Waals surface area contributed by atoms with Crippen LogP contribution in [-0.4, -0.2) is 31.7 Å². The number of nitro groups is 1. The number of imidazole rings is 1. The molecule has 0 saturated heterocycles. The summed E-state index contributed by atoms with van der Waals surface area (Å²) < 4.78 is 41.3. The molecule has 13 heteroatoms. The third-order valence-electron chi connectivity index (χ3n) is 4.59. The van der Waals surface area contributed by atoms with Crippen molar-refractivity contribution in [1.29, 1.82) is 0 Å². The summed E-state index contributed by atoms with van der Waals surface area (Å²) in [6.45, 7) is 3.42. The van der Waals surface area contributed by atoms with Crippen molar-refractivity contribution in [3.05, 3.63) is 58.1 Å². The van der Waals surface area contributed by atoms with Crippen LogP contribution in [0.1, 0.15) is 19.4 Å². The van der Waals surface area contributed by atoms with Gasteiger partial charge in [0.1, 0.15) is 0 Å². The Kier molecular flexibility index (Phi) is 6.63. The Morgan fingerprint density at radius 1 is 1.21 bits per heavy atom. The Labute approximate surface area is 189 Å². The molecule has 174 valence electrons. The predicted octanol–water partition coefficient (Wildman–Crippen LogP) is 4.26. The summed E-state index contributed by atoms with van der Waals surface area (Å²) in [7, 11) is 0. The van der Waals surface area contributed by atoms with E-state index in [1.807, 2.05) is 5.32 Å². The number of hydrogen-bond donors (Lipinski definition) is 2. The summed E-state index contributed by atoms with van der Waals surface area (Å²) in [6.07, 6.45) is -4.60. The van der Waals surface area contributed by atoms with Gasteiger partial charge in [0.05, 0.1) is 26.8 Å². The number of fused-ring (bicyclic) bond motifs is 1. The third kappa shape index (κ3) is 5.25. The standard InChI is InChI=1S/C20H18F3N5O4S/c1-10(2)16(17(29)26-18(24)30)33-19-25-14-9-13(28(31)32)6-7-15(14)27(19)12-5-3-4-11(8-12)20(21,22)23/h3-10,16H,1-2H3,(H3,24,26,29,30). The first-order valence-corrected chi connectivity index (χ1v) is 10.4. The van der Waals surface area contributed by atoms with E-state index >= 15 is 0 Å². The van der Waals surface area contributed by atoms with Gasteiger partial charge in [0.2, 0.25) is 5.91 Å². The number of benzene rings is 2. The number of rotatable bonds is 6. The molecule has 1 aromatic heterocycles. The highest BCUT2D eigenvalue weighted by molar-refractivity contribution is 8.00. The molecule has 0 fully saturated rings. The van der Waals surface area contributed by atoms with Crippen LogP contribution in [0, 0.1) is 16.0 Å². The number of alkyl halides is 3. The number of amides is 3. The number of aromatic nitrogens is 2. The molecule has 0 aliphatic heterocycles. The monoisotopic (exact) mass is 481 g/mol. The van der Waals surface area contributed by atoms with E-state index < -0.39 is 33.9 Å². The van der Waals surface area contributed by atoms with Gasteiger partial charge < -0.3 is 5.73 Å². The van der Waals surface area contributed by atoms with Crippen LogP contribution < -0.4 is 11.1 Å². The lowest BCUT2D eigenvalue weighted by atomic mass is 10.1. The maximum Gasteiger partial charge on any atom is 0.416 e. The fourth-order valence-electron chi connectivity index (χ4n) is 3.11. The van der Waals surface area contributed by atoms with Gasteiger partial charge >= 0.3 is 12.2 Å². The van der Waals surface area contributed by atoms with Crippen LogP contribution in [-0.2, 0) is 11.0 Å². The van der Waals surface area contributed by atoms with E-state index in [0.29, 0.717) is 5.52 Å². The summed E-state index contributed by atoms with van der Waals surface area (Å²) in [5, 5.41) is 12.4. The minimum absolute atomic E-state index is 0.0986. The summed E-state index contributed by atoms with van der Waals surface area (Å²) in [6, 6.07) is 7.21. The Bertz CT molecular complexity index is 1240. The van der Waals surface area contributed by atoms with Crippen LogP contribution in [0.4, 0.5) is 23.7 Å². The van der Waals surface area contributed by atoms with Gasteiger partial charge in [0, 0.05) is 17.8 Å². The fourth-order valence-corrected chi connectivity index (χ4v) is 4.23. The molecule has 2 aromatic carbocycles. The number of carbonyl (C=O) groups excluding carboxylic acids is 2. The summed E-state index contributed by atoms with van der Waals surface area (Å²) in [5.41, 5.74) is 4.45. The highest BCUT2D eigenvalue weighted by Crippen LogP contribution is 2.36. The number of urea groups is 1. The van der Waals surface area contributed by atoms with E-state index in [-0.39, 0.29) is 28.0 Å². The molecular weight excluding hydrogens is 463 g/mol. The molecule has 0 bridgehead atoms. The van der Waals surface area contributed by atoms with Crippen LogP contribution in [0.5, 0.6) is 0 Å². The second-order valence-electron chi connectivity index (χ2n) is 7.34. The first-order valence-electron chi connectivity index (χ1n) is 9.50. The smallest absolute Gasteiger partial charge is 0.351 e. The van der Waals surface area contributed by atoms with Crippen molar-refractivity contribution in [3.8, 4) is 5.69 Å². The van der Waals surface area contributed by atoms with Gasteiger partial charge in [-0.2, -0.15) is 13.2 Å². The van der Waals surface area contributed by atoms with Gasteiger partial charge in [-0.15, -0.1) is 0 Å². The van der Waals surface area contributed by atoms with Crippen molar-refractivity contribution in [2.45, 2.75) is 30.4 Å². The first kappa shape index (κ1) is 24.0. The first-order chi connectivity index (χ1) is 15.4. The number of carbonyl (C=O) groups is 2. The van der Waals surface area contributed by atoms with Gasteiger partial charge in [-0.3, -0.25) is 24.8 Å². The SMILES string of the molecule is CC(C)C(Sc1nc2cc([N+](=O)[O-])ccc2n1-c1cccc(C(F)(F)F)c1)C(=O)NC(N)=O. The molecule has 3 N–H and O–H groups in total. The van der Waals surface area contributed by atoms with Gasteiger partial charge in [-0.05, 0) is 30.2 Å². The number of halogens is 3. The van der Waals surface area contributed by atoms with Crippen molar-refractivity contribution < 1.29 is 27.7 Å². The summed E-state index contributed by atoms with van der Waals surface area (Å²) >= 11 is 0.903. The van der Waals surface area contributed by atoms with E-state index in [1.54, 1.807) is 13.8 Å². The Hall–Kier alpha value is -3.61. The number of primary amides is 1. The van der Waals surface area contributed by atoms with Crippen molar-refractivity contribution in [3.63, 3.8) is 0 Å². The molecule has 9 nitrogen and oxygen atoms in total. The van der Waals surface area contributed by atoms with Crippen LogP contribution in [0.3, 0.4) is 0 Å². The minimum Gasteiger partial charge on any atom is -0.351 e. The molecule has 3 amide bonds. The Morgan fingerprint density at radius 3 is 2.48 bits per heavy atom. The molecule has 0 saturated carbocycles. The zero-order valence-corrected chi connectivity index (χ0v) is 18.1. The quantitative estimate of drug-likeness (QED) is 0.307. The zero-order valence-electron chi connectivity index (χ0n) is 17.3. The largest absolute Gasteiger partial charge is 0.416 e. The minimum atomic E-state index is -4.60. The van der Waals surface area contributed by atoms with Gasteiger partial charge in [0.15, 0.2) is 5.16 Å². The van der Waals surface area contributed by atoms with Gasteiger partial charge in [-0.25, -0.2) is 9.78 Å².